The molecule has 0 aliphatic heterocycles. The maximum atomic E-state index is 5.99. The van der Waals surface area contributed by atoms with Crippen LogP contribution in [-0.4, -0.2) is 30.1 Å². The Morgan fingerprint density at radius 2 is 1.85 bits per heavy atom. The number of nitrogens with zero attached hydrogens (tertiary/aromatic N) is 5. The van der Waals surface area contributed by atoms with Crippen LogP contribution in [-0.2, 0) is 6.54 Å². The van der Waals surface area contributed by atoms with Crippen LogP contribution in [0.2, 0.25) is 0 Å². The highest BCUT2D eigenvalue weighted by Gasteiger charge is 2.14. The number of aromatic amines is 1. The van der Waals surface area contributed by atoms with E-state index in [4.69, 9.17) is 11.5 Å². The number of pyridine rings is 1. The van der Waals surface area contributed by atoms with Crippen LogP contribution in [0.1, 0.15) is 12.7 Å². The van der Waals surface area contributed by atoms with Gasteiger partial charge in [-0.2, -0.15) is 5.10 Å². The normalized spacial score (nSPS) is 10.8. The van der Waals surface area contributed by atoms with Gasteiger partial charge < -0.3 is 11.5 Å². The predicted octanol–water partition coefficient (Wildman–Crippen LogP) is 3.26. The SMILES string of the molecule is NCc1ccc(-c2n[nH]c(-c3nc(-c4cccnc4)cnc3N)n2)cc1.[HH].[HH].[HH].[HH].[HH]. The number of H-pyrrole nitrogens is 1. The fraction of sp³-hybridized carbons (Fsp3) is 0.0556. The molecule has 4 aromatic rings. The van der Waals surface area contributed by atoms with Gasteiger partial charge in [-0.15, -0.1) is 0 Å². The number of anilines is 1. The van der Waals surface area contributed by atoms with Crippen molar-refractivity contribution in [2.24, 2.45) is 5.73 Å². The molecule has 3 heterocycles. The zero-order valence-electron chi connectivity index (χ0n) is 13.8. The van der Waals surface area contributed by atoms with E-state index in [1.165, 1.54) is 0 Å². The van der Waals surface area contributed by atoms with Gasteiger partial charge in [0.2, 0.25) is 0 Å². The van der Waals surface area contributed by atoms with Crippen LogP contribution in [0.15, 0.2) is 55.0 Å². The summed E-state index contributed by atoms with van der Waals surface area (Å²) in [4.78, 5) is 17.4. The topological polar surface area (TPSA) is 132 Å². The van der Waals surface area contributed by atoms with Crippen LogP contribution < -0.4 is 11.5 Å². The summed E-state index contributed by atoms with van der Waals surface area (Å²) in [6, 6.07) is 11.5. The lowest BCUT2D eigenvalue weighted by atomic mass is 10.1. The number of hydrogen-bond donors (Lipinski definition) is 3. The number of nitrogens with one attached hydrogen (secondary N) is 1. The molecule has 0 amide bonds. The van der Waals surface area contributed by atoms with Crippen molar-refractivity contribution in [3.8, 4) is 34.2 Å². The number of aromatic nitrogens is 6. The average molecular weight is 354 g/mol. The number of benzene rings is 1. The van der Waals surface area contributed by atoms with Gasteiger partial charge >= 0.3 is 0 Å². The van der Waals surface area contributed by atoms with Crippen LogP contribution >= 0.6 is 0 Å². The molecule has 3 aromatic heterocycles. The number of nitrogen functional groups attached to an aromatic ring is 1. The molecule has 0 fully saturated rings. The molecule has 138 valence electrons. The number of rotatable bonds is 4. The number of hydrogen-bond acceptors (Lipinski definition) is 7. The molecule has 0 radical (unpaired) electrons. The summed E-state index contributed by atoms with van der Waals surface area (Å²) < 4.78 is 0. The van der Waals surface area contributed by atoms with Gasteiger partial charge in [0.15, 0.2) is 17.5 Å². The summed E-state index contributed by atoms with van der Waals surface area (Å²) in [5.41, 5.74) is 15.5. The van der Waals surface area contributed by atoms with E-state index < -0.39 is 0 Å². The summed E-state index contributed by atoms with van der Waals surface area (Å²) in [7, 11) is 0. The summed E-state index contributed by atoms with van der Waals surface area (Å²) >= 11 is 0. The first-order valence-corrected chi connectivity index (χ1v) is 7.99. The Morgan fingerprint density at radius 1 is 1.00 bits per heavy atom. The Balaban J connectivity index is 0. The minimum atomic E-state index is 0. The first kappa shape index (κ1) is 15.9. The summed E-state index contributed by atoms with van der Waals surface area (Å²) in [6.07, 6.45) is 5.03. The summed E-state index contributed by atoms with van der Waals surface area (Å²) in [6.45, 7) is 0.493. The van der Waals surface area contributed by atoms with E-state index in [9.17, 15) is 0 Å². The molecule has 0 saturated heterocycles. The zero-order valence-corrected chi connectivity index (χ0v) is 13.8. The highest BCUT2D eigenvalue weighted by molar-refractivity contribution is 5.69. The molecule has 0 bridgehead atoms. The predicted molar refractivity (Wildman–Crippen MR) is 109 cm³/mol. The van der Waals surface area contributed by atoms with Crippen LogP contribution in [0.5, 0.6) is 0 Å². The molecule has 8 heteroatoms. The fourth-order valence-electron chi connectivity index (χ4n) is 2.51. The van der Waals surface area contributed by atoms with Gasteiger partial charge in [-0.25, -0.2) is 15.0 Å². The largest absolute Gasteiger partial charge is 0.382 e. The standard InChI is InChI=1S/C18H16N8.5H2/c19-8-11-3-5-12(6-4-11)17-24-18(26-25-17)15-16(20)22-10-14(23-15)13-2-1-7-21-9-13;;;;;/h1-7,9-10H,8,19H2,(H2,20,22)(H,24,25,26);5*1H. The van der Waals surface area contributed by atoms with Crippen molar-refractivity contribution in [1.29, 1.82) is 0 Å². The Bertz CT molecular complexity index is 1040. The van der Waals surface area contributed by atoms with E-state index in [1.54, 1.807) is 18.6 Å². The molecule has 0 unspecified atom stereocenters. The lowest BCUT2D eigenvalue weighted by molar-refractivity contribution is 1.07. The Kier molecular flexibility index (Phi) is 4.08. The fourth-order valence-corrected chi connectivity index (χ4v) is 2.51. The average Bonchev–Trinajstić information content (AvgIpc) is 3.19. The summed E-state index contributed by atoms with van der Waals surface area (Å²) in [5, 5.41) is 7.14. The lowest BCUT2D eigenvalue weighted by Crippen LogP contribution is -2.00. The van der Waals surface area contributed by atoms with E-state index in [-0.39, 0.29) is 13.0 Å². The maximum absolute atomic E-state index is 5.99. The van der Waals surface area contributed by atoms with Gasteiger partial charge in [0.1, 0.15) is 5.69 Å². The van der Waals surface area contributed by atoms with E-state index in [1.807, 2.05) is 36.4 Å². The summed E-state index contributed by atoms with van der Waals surface area (Å²) in [5.74, 6) is 1.29. The molecule has 8 nitrogen and oxygen atoms in total. The molecule has 26 heavy (non-hydrogen) atoms. The van der Waals surface area contributed by atoms with Crippen LogP contribution in [0, 0.1) is 0 Å². The van der Waals surface area contributed by atoms with Crippen molar-refractivity contribution in [1.82, 2.24) is 30.1 Å². The molecular formula is C18H26N8. The molecule has 1 aromatic carbocycles. The van der Waals surface area contributed by atoms with Crippen molar-refractivity contribution in [2.75, 3.05) is 5.73 Å². The molecule has 5 N–H and O–H groups in total. The number of nitrogens with two attached hydrogens (primary N) is 2. The van der Waals surface area contributed by atoms with E-state index in [2.05, 4.69) is 30.1 Å². The molecule has 0 aliphatic rings. The molecule has 4 rings (SSSR count). The molecule has 0 spiro atoms. The second-order valence-electron chi connectivity index (χ2n) is 5.64. The molecule has 0 saturated carbocycles. The first-order valence-electron chi connectivity index (χ1n) is 7.99. The van der Waals surface area contributed by atoms with Crippen LogP contribution in [0.4, 0.5) is 5.82 Å². The molecular weight excluding hydrogens is 328 g/mol. The highest BCUT2D eigenvalue weighted by Crippen LogP contribution is 2.25. The van der Waals surface area contributed by atoms with Gasteiger partial charge in [0.05, 0.1) is 11.9 Å². The van der Waals surface area contributed by atoms with Crippen LogP contribution in [0.25, 0.3) is 34.2 Å². The van der Waals surface area contributed by atoms with Gasteiger partial charge in [0, 0.05) is 37.2 Å². The second kappa shape index (κ2) is 6.69. The highest BCUT2D eigenvalue weighted by atomic mass is 15.2. The van der Waals surface area contributed by atoms with Gasteiger partial charge in [-0.1, -0.05) is 24.3 Å². The Labute approximate surface area is 156 Å². The Morgan fingerprint density at radius 3 is 2.58 bits per heavy atom. The van der Waals surface area contributed by atoms with E-state index >= 15 is 0 Å². The van der Waals surface area contributed by atoms with Gasteiger partial charge in [-0.05, 0) is 17.7 Å². The maximum Gasteiger partial charge on any atom is 0.181 e. The lowest BCUT2D eigenvalue weighted by Gasteiger charge is -2.04. The van der Waals surface area contributed by atoms with Crippen molar-refractivity contribution in [2.45, 2.75) is 6.54 Å². The van der Waals surface area contributed by atoms with Crippen molar-refractivity contribution < 1.29 is 7.13 Å². The molecule has 0 aliphatic carbocycles. The van der Waals surface area contributed by atoms with Crippen LogP contribution in [0.3, 0.4) is 0 Å². The minimum absolute atomic E-state index is 0. The smallest absolute Gasteiger partial charge is 0.181 e. The zero-order chi connectivity index (χ0) is 17.9. The third-order valence-corrected chi connectivity index (χ3v) is 3.92. The third kappa shape index (κ3) is 3.01. The quantitative estimate of drug-likeness (QED) is 0.512. The third-order valence-electron chi connectivity index (χ3n) is 3.92. The molecule has 0 atom stereocenters. The first-order chi connectivity index (χ1) is 12.7. The Hall–Kier alpha value is -3.65. The van der Waals surface area contributed by atoms with Crippen molar-refractivity contribution >= 4 is 5.82 Å². The van der Waals surface area contributed by atoms with E-state index in [0.717, 1.165) is 16.7 Å². The van der Waals surface area contributed by atoms with Gasteiger partial charge in [0.25, 0.3) is 0 Å². The van der Waals surface area contributed by atoms with Crippen molar-refractivity contribution in [3.05, 3.63) is 60.6 Å². The minimum Gasteiger partial charge on any atom is -0.382 e. The van der Waals surface area contributed by atoms with Gasteiger partial charge in [-0.3, -0.25) is 10.1 Å². The van der Waals surface area contributed by atoms with Crippen molar-refractivity contribution in [3.63, 3.8) is 0 Å². The monoisotopic (exact) mass is 354 g/mol. The second-order valence-corrected chi connectivity index (χ2v) is 5.64. The van der Waals surface area contributed by atoms with E-state index in [0.29, 0.717) is 29.6 Å².